The van der Waals surface area contributed by atoms with E-state index in [9.17, 15) is 9.59 Å². The first-order valence-corrected chi connectivity index (χ1v) is 6.23. The van der Waals surface area contributed by atoms with E-state index in [1.165, 1.54) is 13.1 Å². The van der Waals surface area contributed by atoms with Crippen molar-refractivity contribution in [3.05, 3.63) is 23.9 Å². The first-order valence-electron chi connectivity index (χ1n) is 6.23. The molecule has 0 radical (unpaired) electrons. The predicted molar refractivity (Wildman–Crippen MR) is 72.0 cm³/mol. The molecule has 0 unspecified atom stereocenters. The largest absolute Gasteiger partial charge is 0.382 e. The lowest BCUT2D eigenvalue weighted by molar-refractivity contribution is -0.114. The van der Waals surface area contributed by atoms with Gasteiger partial charge in [-0.05, 0) is 25.5 Å². The standard InChI is InChI=1S/C13H19N3O3/c1-3-19-8-4-6-15-13(18)11-5-7-14-12(9-11)16-10(2)17/h5,7,9H,3-4,6,8H2,1-2H3,(H,15,18)(H,14,16,17). The van der Waals surface area contributed by atoms with Crippen molar-refractivity contribution in [3.63, 3.8) is 0 Å². The highest BCUT2D eigenvalue weighted by atomic mass is 16.5. The number of nitrogens with zero attached hydrogens (tertiary/aromatic N) is 1. The van der Waals surface area contributed by atoms with Gasteiger partial charge >= 0.3 is 0 Å². The number of anilines is 1. The minimum absolute atomic E-state index is 0.189. The number of rotatable bonds is 7. The van der Waals surface area contributed by atoms with E-state index in [0.29, 0.717) is 31.1 Å². The maximum atomic E-state index is 11.8. The van der Waals surface area contributed by atoms with E-state index in [2.05, 4.69) is 15.6 Å². The monoisotopic (exact) mass is 265 g/mol. The summed E-state index contributed by atoms with van der Waals surface area (Å²) in [5.41, 5.74) is 0.468. The van der Waals surface area contributed by atoms with Gasteiger partial charge in [0.15, 0.2) is 0 Å². The number of pyridine rings is 1. The van der Waals surface area contributed by atoms with E-state index in [4.69, 9.17) is 4.74 Å². The molecular formula is C13H19N3O3. The molecule has 0 spiro atoms. The van der Waals surface area contributed by atoms with Crippen LogP contribution < -0.4 is 10.6 Å². The lowest BCUT2D eigenvalue weighted by Gasteiger charge is -2.07. The molecule has 1 aromatic rings. The smallest absolute Gasteiger partial charge is 0.251 e. The summed E-state index contributed by atoms with van der Waals surface area (Å²) in [5.74, 6) is -0.0401. The Morgan fingerprint density at radius 3 is 2.89 bits per heavy atom. The number of ether oxygens (including phenoxy) is 1. The van der Waals surface area contributed by atoms with Crippen molar-refractivity contribution in [2.24, 2.45) is 0 Å². The van der Waals surface area contributed by atoms with Crippen LogP contribution >= 0.6 is 0 Å². The van der Waals surface area contributed by atoms with Gasteiger partial charge in [-0.2, -0.15) is 0 Å². The number of aromatic nitrogens is 1. The van der Waals surface area contributed by atoms with Gasteiger partial charge in [-0.15, -0.1) is 0 Å². The quantitative estimate of drug-likeness (QED) is 0.726. The highest BCUT2D eigenvalue weighted by Gasteiger charge is 2.06. The third-order valence-electron chi connectivity index (χ3n) is 2.28. The van der Waals surface area contributed by atoms with Gasteiger partial charge in [0.05, 0.1) is 0 Å². The molecule has 0 aliphatic carbocycles. The Bertz CT molecular complexity index is 435. The van der Waals surface area contributed by atoms with Gasteiger partial charge in [0, 0.05) is 38.4 Å². The molecule has 0 saturated carbocycles. The third kappa shape index (κ3) is 5.96. The van der Waals surface area contributed by atoms with Gasteiger partial charge in [0.25, 0.3) is 5.91 Å². The minimum atomic E-state index is -0.221. The van der Waals surface area contributed by atoms with Gasteiger partial charge < -0.3 is 15.4 Å². The second kappa shape index (κ2) is 8.20. The summed E-state index contributed by atoms with van der Waals surface area (Å²) in [7, 11) is 0. The van der Waals surface area contributed by atoms with Crippen LogP contribution in [0.25, 0.3) is 0 Å². The topological polar surface area (TPSA) is 80.3 Å². The fourth-order valence-corrected chi connectivity index (χ4v) is 1.44. The van der Waals surface area contributed by atoms with Crippen molar-refractivity contribution in [1.29, 1.82) is 0 Å². The van der Waals surface area contributed by atoms with Crippen LogP contribution in [0.5, 0.6) is 0 Å². The average molecular weight is 265 g/mol. The van der Waals surface area contributed by atoms with E-state index in [-0.39, 0.29) is 11.8 Å². The van der Waals surface area contributed by atoms with Gasteiger partial charge in [0.2, 0.25) is 5.91 Å². The fourth-order valence-electron chi connectivity index (χ4n) is 1.44. The van der Waals surface area contributed by atoms with Gasteiger partial charge in [-0.25, -0.2) is 4.98 Å². The molecule has 0 saturated heterocycles. The van der Waals surface area contributed by atoms with Crippen LogP contribution in [0.1, 0.15) is 30.6 Å². The lowest BCUT2D eigenvalue weighted by Crippen LogP contribution is -2.25. The lowest BCUT2D eigenvalue weighted by atomic mass is 10.2. The van der Waals surface area contributed by atoms with Crippen LogP contribution in [0.4, 0.5) is 5.82 Å². The van der Waals surface area contributed by atoms with Crippen LogP contribution in [-0.4, -0.2) is 36.6 Å². The first-order chi connectivity index (χ1) is 9.13. The predicted octanol–water partition coefficient (Wildman–Crippen LogP) is 1.20. The number of carbonyl (C=O) groups is 2. The summed E-state index contributed by atoms with van der Waals surface area (Å²) < 4.78 is 5.18. The molecule has 6 nitrogen and oxygen atoms in total. The maximum Gasteiger partial charge on any atom is 0.251 e. The van der Waals surface area contributed by atoms with Gasteiger partial charge in [-0.1, -0.05) is 0 Å². The second-order valence-corrected chi connectivity index (χ2v) is 3.92. The normalized spacial score (nSPS) is 10.0. The molecule has 0 aromatic carbocycles. The van der Waals surface area contributed by atoms with Crippen LogP contribution in [0.15, 0.2) is 18.3 Å². The number of hydrogen-bond donors (Lipinski definition) is 2. The molecule has 0 aliphatic heterocycles. The Morgan fingerprint density at radius 1 is 1.42 bits per heavy atom. The van der Waals surface area contributed by atoms with Crippen molar-refractivity contribution in [3.8, 4) is 0 Å². The van der Waals surface area contributed by atoms with Crippen molar-refractivity contribution in [1.82, 2.24) is 10.3 Å². The summed E-state index contributed by atoms with van der Waals surface area (Å²) in [5, 5.41) is 5.31. The number of amides is 2. The molecule has 2 amide bonds. The zero-order valence-corrected chi connectivity index (χ0v) is 11.2. The Balaban J connectivity index is 2.45. The van der Waals surface area contributed by atoms with Crippen molar-refractivity contribution >= 4 is 17.6 Å². The molecule has 0 fully saturated rings. The number of carbonyl (C=O) groups excluding carboxylic acids is 2. The van der Waals surface area contributed by atoms with Crippen molar-refractivity contribution < 1.29 is 14.3 Å². The SMILES string of the molecule is CCOCCCNC(=O)c1ccnc(NC(C)=O)c1. The van der Waals surface area contributed by atoms with Crippen LogP contribution in [0.3, 0.4) is 0 Å². The molecule has 1 heterocycles. The summed E-state index contributed by atoms with van der Waals surface area (Å²) in [6, 6.07) is 3.14. The third-order valence-corrected chi connectivity index (χ3v) is 2.28. The minimum Gasteiger partial charge on any atom is -0.382 e. The molecule has 2 N–H and O–H groups in total. The molecule has 0 atom stereocenters. The molecule has 1 rings (SSSR count). The Morgan fingerprint density at radius 2 is 2.21 bits per heavy atom. The Kier molecular flexibility index (Phi) is 6.52. The van der Waals surface area contributed by atoms with Crippen LogP contribution in [0.2, 0.25) is 0 Å². The van der Waals surface area contributed by atoms with Crippen LogP contribution in [-0.2, 0) is 9.53 Å². The van der Waals surface area contributed by atoms with E-state index < -0.39 is 0 Å². The summed E-state index contributed by atoms with van der Waals surface area (Å²) in [4.78, 5) is 26.7. The maximum absolute atomic E-state index is 11.8. The molecule has 1 aromatic heterocycles. The number of nitrogens with one attached hydrogen (secondary N) is 2. The molecule has 6 heteroatoms. The molecule has 104 valence electrons. The fraction of sp³-hybridized carbons (Fsp3) is 0.462. The van der Waals surface area contributed by atoms with Crippen LogP contribution in [0, 0.1) is 0 Å². The van der Waals surface area contributed by atoms with Crippen molar-refractivity contribution in [2.45, 2.75) is 20.3 Å². The Labute approximate surface area is 112 Å². The molecular weight excluding hydrogens is 246 g/mol. The zero-order valence-electron chi connectivity index (χ0n) is 11.2. The highest BCUT2D eigenvalue weighted by molar-refractivity contribution is 5.96. The first kappa shape index (κ1) is 15.1. The van der Waals surface area contributed by atoms with E-state index in [1.54, 1.807) is 12.1 Å². The van der Waals surface area contributed by atoms with Crippen molar-refractivity contribution in [2.75, 3.05) is 25.1 Å². The van der Waals surface area contributed by atoms with Gasteiger partial charge in [0.1, 0.15) is 5.82 Å². The van der Waals surface area contributed by atoms with E-state index in [0.717, 1.165) is 6.42 Å². The molecule has 0 aliphatic rings. The average Bonchev–Trinajstić information content (AvgIpc) is 2.38. The number of hydrogen-bond acceptors (Lipinski definition) is 4. The zero-order chi connectivity index (χ0) is 14.1. The van der Waals surface area contributed by atoms with E-state index >= 15 is 0 Å². The second-order valence-electron chi connectivity index (χ2n) is 3.92. The van der Waals surface area contributed by atoms with Gasteiger partial charge in [-0.3, -0.25) is 9.59 Å². The van der Waals surface area contributed by atoms with E-state index in [1.807, 2.05) is 6.92 Å². The summed E-state index contributed by atoms with van der Waals surface area (Å²) in [6.07, 6.45) is 2.25. The molecule has 19 heavy (non-hydrogen) atoms. The molecule has 0 bridgehead atoms. The Hall–Kier alpha value is -1.95. The summed E-state index contributed by atoms with van der Waals surface area (Å²) in [6.45, 7) is 5.18. The highest BCUT2D eigenvalue weighted by Crippen LogP contribution is 2.06. The summed E-state index contributed by atoms with van der Waals surface area (Å²) >= 11 is 0.